The number of rotatable bonds is 8. The highest BCUT2D eigenvalue weighted by molar-refractivity contribution is 7.99. The van der Waals surface area contributed by atoms with Crippen LogP contribution in [0.5, 0.6) is 11.5 Å². The minimum Gasteiger partial charge on any atom is -0.493 e. The van der Waals surface area contributed by atoms with E-state index in [0.29, 0.717) is 17.2 Å². The number of carbonyl (C=O) groups is 1. The SMILES string of the molecule is COc1ccc(CC[NH2+]C2(SC)NN=C(c3ccccc3)C(=O)N2)cc1OC. The standard InChI is InChI=1S/C20H24N4O3S/c1-26-16-10-9-14(13-17(16)27-2)11-12-21-20(28-3)22-19(25)18(23-24-20)15-7-5-4-6-8-15/h4-10,13,21,24H,11-12H2,1-3H3,(H,22,25)/p+1. The van der Waals surface area contributed by atoms with Gasteiger partial charge in [0.15, 0.2) is 17.2 Å². The topological polar surface area (TPSA) is 88.6 Å². The number of amides is 1. The Bertz CT molecular complexity index is 860. The summed E-state index contributed by atoms with van der Waals surface area (Å²) in [5.74, 6) is 1.22. The molecule has 148 valence electrons. The van der Waals surface area contributed by atoms with Crippen LogP contribution >= 0.6 is 11.8 Å². The van der Waals surface area contributed by atoms with Crippen molar-refractivity contribution < 1.29 is 19.6 Å². The number of nitrogens with zero attached hydrogens (tertiary/aromatic N) is 1. The monoisotopic (exact) mass is 401 g/mol. The fraction of sp³-hybridized carbons (Fsp3) is 0.300. The van der Waals surface area contributed by atoms with Crippen LogP contribution in [-0.4, -0.2) is 43.8 Å². The number of nitrogens with one attached hydrogen (secondary N) is 2. The van der Waals surface area contributed by atoms with Crippen molar-refractivity contribution in [3.63, 3.8) is 0 Å². The maximum atomic E-state index is 12.6. The molecule has 28 heavy (non-hydrogen) atoms. The summed E-state index contributed by atoms with van der Waals surface area (Å²) in [4.78, 5) is 12.6. The summed E-state index contributed by atoms with van der Waals surface area (Å²) in [6.07, 6.45) is 2.73. The summed E-state index contributed by atoms with van der Waals surface area (Å²) < 4.78 is 10.6. The second-order valence-corrected chi connectivity index (χ2v) is 7.32. The molecule has 0 radical (unpaired) electrons. The number of benzene rings is 2. The highest BCUT2D eigenvalue weighted by atomic mass is 32.2. The third-order valence-electron chi connectivity index (χ3n) is 4.53. The highest BCUT2D eigenvalue weighted by Crippen LogP contribution is 2.27. The molecule has 1 aliphatic heterocycles. The quantitative estimate of drug-likeness (QED) is 0.572. The van der Waals surface area contributed by atoms with E-state index in [2.05, 4.69) is 15.8 Å². The lowest BCUT2D eigenvalue weighted by atomic mass is 10.1. The molecule has 3 rings (SSSR count). The molecule has 0 aromatic heterocycles. The third kappa shape index (κ3) is 4.40. The van der Waals surface area contributed by atoms with Gasteiger partial charge in [-0.3, -0.25) is 15.4 Å². The fourth-order valence-corrected chi connectivity index (χ4v) is 3.61. The van der Waals surface area contributed by atoms with Crippen LogP contribution in [0, 0.1) is 0 Å². The number of carbonyl (C=O) groups excluding carboxylic acids is 1. The number of hydrogen-bond acceptors (Lipinski definition) is 6. The average molecular weight is 402 g/mol. The molecule has 0 fully saturated rings. The predicted octanol–water partition coefficient (Wildman–Crippen LogP) is 0.908. The van der Waals surface area contributed by atoms with E-state index in [-0.39, 0.29) is 5.91 Å². The van der Waals surface area contributed by atoms with Gasteiger partial charge >= 0.3 is 5.12 Å². The Hall–Kier alpha value is -2.71. The first-order valence-corrected chi connectivity index (χ1v) is 10.2. The summed E-state index contributed by atoms with van der Waals surface area (Å²) in [5.41, 5.74) is 5.41. The van der Waals surface area contributed by atoms with Crippen molar-refractivity contribution >= 4 is 23.4 Å². The Labute approximate surface area is 168 Å². The molecule has 0 aliphatic carbocycles. The summed E-state index contributed by atoms with van der Waals surface area (Å²) in [6, 6.07) is 15.3. The van der Waals surface area contributed by atoms with Crippen molar-refractivity contribution in [2.45, 2.75) is 11.5 Å². The van der Waals surface area contributed by atoms with Gasteiger partial charge in [0.05, 0.1) is 20.8 Å². The first-order valence-electron chi connectivity index (χ1n) is 8.94. The highest BCUT2D eigenvalue weighted by Gasteiger charge is 2.39. The van der Waals surface area contributed by atoms with Crippen LogP contribution in [0.3, 0.4) is 0 Å². The summed E-state index contributed by atoms with van der Waals surface area (Å²) >= 11 is 1.49. The number of thioether (sulfide) groups is 1. The van der Waals surface area contributed by atoms with Gasteiger partial charge in [-0.15, -0.1) is 0 Å². The smallest absolute Gasteiger partial charge is 0.316 e. The van der Waals surface area contributed by atoms with Crippen LogP contribution in [0.1, 0.15) is 11.1 Å². The van der Waals surface area contributed by atoms with Gasteiger partial charge in [-0.2, -0.15) is 5.10 Å². The number of nitrogens with two attached hydrogens (primary N) is 1. The number of hydrazone groups is 1. The van der Waals surface area contributed by atoms with Crippen molar-refractivity contribution in [2.75, 3.05) is 27.0 Å². The van der Waals surface area contributed by atoms with Gasteiger partial charge in [-0.25, -0.2) is 5.43 Å². The largest absolute Gasteiger partial charge is 0.493 e. The first-order chi connectivity index (χ1) is 13.6. The molecule has 1 atom stereocenters. The molecule has 1 aliphatic rings. The lowest BCUT2D eigenvalue weighted by Gasteiger charge is -2.33. The van der Waals surface area contributed by atoms with E-state index in [0.717, 1.165) is 24.1 Å². The zero-order valence-electron chi connectivity index (χ0n) is 16.2. The average Bonchev–Trinajstić information content (AvgIpc) is 2.74. The van der Waals surface area contributed by atoms with Crippen molar-refractivity contribution in [1.29, 1.82) is 0 Å². The van der Waals surface area contributed by atoms with Crippen LogP contribution in [0.15, 0.2) is 53.6 Å². The number of quaternary nitrogens is 1. The van der Waals surface area contributed by atoms with Crippen LogP contribution in [0.2, 0.25) is 0 Å². The molecule has 7 nitrogen and oxygen atoms in total. The number of hydrogen-bond donors (Lipinski definition) is 3. The van der Waals surface area contributed by atoms with Gasteiger partial charge in [0.2, 0.25) is 0 Å². The first kappa shape index (κ1) is 20.0. The van der Waals surface area contributed by atoms with Gasteiger partial charge < -0.3 is 9.47 Å². The number of ether oxygens (including phenoxy) is 2. The summed E-state index contributed by atoms with van der Waals surface area (Å²) in [5, 5.41) is 8.69. The van der Waals surface area contributed by atoms with E-state index in [4.69, 9.17) is 9.47 Å². The molecule has 0 bridgehead atoms. The van der Waals surface area contributed by atoms with Crippen molar-refractivity contribution in [3.05, 3.63) is 59.7 Å². The molecule has 8 heteroatoms. The predicted molar refractivity (Wildman–Crippen MR) is 111 cm³/mol. The van der Waals surface area contributed by atoms with Crippen LogP contribution < -0.4 is 25.5 Å². The summed E-state index contributed by atoms with van der Waals surface area (Å²) in [6.45, 7) is 0.750. The molecule has 2 aromatic rings. The maximum Gasteiger partial charge on any atom is 0.316 e. The molecule has 0 saturated heterocycles. The fourth-order valence-electron chi connectivity index (χ4n) is 2.99. The van der Waals surface area contributed by atoms with Gasteiger partial charge in [0.1, 0.15) is 0 Å². The second kappa shape index (κ2) is 8.99. The molecular weight excluding hydrogens is 376 g/mol. The molecule has 0 spiro atoms. The number of methoxy groups -OCH3 is 2. The normalized spacial score (nSPS) is 18.7. The van der Waals surface area contributed by atoms with Gasteiger partial charge in [-0.05, 0) is 35.7 Å². The molecular formula is C20H25N4O3S+. The summed E-state index contributed by atoms with van der Waals surface area (Å²) in [7, 11) is 3.25. The van der Waals surface area contributed by atoms with Crippen molar-refractivity contribution in [3.8, 4) is 11.5 Å². The minimum absolute atomic E-state index is 0.193. The lowest BCUT2D eigenvalue weighted by molar-refractivity contribution is -0.711. The van der Waals surface area contributed by atoms with Gasteiger partial charge in [0.25, 0.3) is 5.91 Å². The van der Waals surface area contributed by atoms with E-state index in [1.807, 2.05) is 60.1 Å². The molecule has 0 saturated carbocycles. The second-order valence-electron chi connectivity index (χ2n) is 6.26. The molecule has 1 heterocycles. The Morgan fingerprint density at radius 2 is 1.86 bits per heavy atom. The van der Waals surface area contributed by atoms with Crippen LogP contribution in [-0.2, 0) is 11.2 Å². The Morgan fingerprint density at radius 3 is 2.50 bits per heavy atom. The molecule has 1 amide bonds. The van der Waals surface area contributed by atoms with Crippen molar-refractivity contribution in [1.82, 2.24) is 10.7 Å². The molecule has 1 unspecified atom stereocenters. The van der Waals surface area contributed by atoms with E-state index < -0.39 is 5.12 Å². The Morgan fingerprint density at radius 1 is 1.11 bits per heavy atom. The minimum atomic E-state index is -0.730. The Balaban J connectivity index is 1.65. The van der Waals surface area contributed by atoms with Gasteiger partial charge in [-0.1, -0.05) is 36.4 Å². The third-order valence-corrected chi connectivity index (χ3v) is 5.53. The van der Waals surface area contributed by atoms with E-state index >= 15 is 0 Å². The Kier molecular flexibility index (Phi) is 6.43. The maximum absolute atomic E-state index is 12.6. The van der Waals surface area contributed by atoms with E-state index in [1.54, 1.807) is 14.2 Å². The molecule has 2 aromatic carbocycles. The molecule has 4 N–H and O–H groups in total. The van der Waals surface area contributed by atoms with E-state index in [9.17, 15) is 4.79 Å². The van der Waals surface area contributed by atoms with Gasteiger partial charge in [0, 0.05) is 12.0 Å². The van der Waals surface area contributed by atoms with E-state index in [1.165, 1.54) is 11.8 Å². The van der Waals surface area contributed by atoms with Crippen LogP contribution in [0.25, 0.3) is 0 Å². The van der Waals surface area contributed by atoms with Crippen molar-refractivity contribution in [2.24, 2.45) is 5.10 Å². The zero-order chi connectivity index (χ0) is 20.0. The van der Waals surface area contributed by atoms with Crippen LogP contribution in [0.4, 0.5) is 0 Å². The zero-order valence-corrected chi connectivity index (χ0v) is 17.0. The lowest BCUT2D eigenvalue weighted by Crippen LogP contribution is -3.04.